The molecular formula is C19H24N2O2S. The fourth-order valence-electron chi connectivity index (χ4n) is 3.12. The van der Waals surface area contributed by atoms with E-state index in [0.29, 0.717) is 5.69 Å². The van der Waals surface area contributed by atoms with Gasteiger partial charge in [-0.25, -0.2) is 8.42 Å². The first-order valence-electron chi connectivity index (χ1n) is 8.33. The van der Waals surface area contributed by atoms with Gasteiger partial charge in [-0.1, -0.05) is 29.8 Å². The molecule has 0 aliphatic carbocycles. The maximum atomic E-state index is 12.7. The summed E-state index contributed by atoms with van der Waals surface area (Å²) in [7, 11) is -1.77. The zero-order chi connectivity index (χ0) is 17.2. The predicted molar refractivity (Wildman–Crippen MR) is 100 cm³/mol. The van der Waals surface area contributed by atoms with Crippen LogP contribution in [0.4, 0.5) is 11.4 Å². The second-order valence-corrected chi connectivity index (χ2v) is 8.42. The molecule has 0 atom stereocenters. The van der Waals surface area contributed by atoms with Crippen LogP contribution in [-0.2, 0) is 15.8 Å². The molecule has 0 amide bonds. The summed E-state index contributed by atoms with van der Waals surface area (Å²) in [6.45, 7) is 4.14. The molecule has 5 heteroatoms. The Morgan fingerprint density at radius 2 is 1.71 bits per heavy atom. The lowest BCUT2D eigenvalue weighted by molar-refractivity contribution is 0.593. The summed E-state index contributed by atoms with van der Waals surface area (Å²) in [5, 5.41) is 0. The van der Waals surface area contributed by atoms with Crippen LogP contribution in [0.1, 0.15) is 24.0 Å². The summed E-state index contributed by atoms with van der Waals surface area (Å²) >= 11 is 0. The van der Waals surface area contributed by atoms with Crippen LogP contribution in [0.5, 0.6) is 0 Å². The van der Waals surface area contributed by atoms with Gasteiger partial charge in [-0.05, 0) is 49.6 Å². The Morgan fingerprint density at radius 1 is 1.04 bits per heavy atom. The summed E-state index contributed by atoms with van der Waals surface area (Å²) in [5.41, 5.74) is 3.75. The minimum Gasteiger partial charge on any atom is -0.372 e. The summed E-state index contributed by atoms with van der Waals surface area (Å²) in [5.74, 6) is 0.0130. The van der Waals surface area contributed by atoms with E-state index in [2.05, 4.69) is 4.90 Å². The fraction of sp³-hybridized carbons (Fsp3) is 0.368. The van der Waals surface area contributed by atoms with Crippen LogP contribution in [0.25, 0.3) is 0 Å². The van der Waals surface area contributed by atoms with Crippen molar-refractivity contribution in [1.82, 2.24) is 0 Å². The largest absolute Gasteiger partial charge is 0.372 e. The second kappa shape index (κ2) is 6.85. The van der Waals surface area contributed by atoms with Crippen molar-refractivity contribution in [3.8, 4) is 0 Å². The van der Waals surface area contributed by atoms with E-state index in [1.807, 2.05) is 55.5 Å². The van der Waals surface area contributed by atoms with Crippen LogP contribution in [0.2, 0.25) is 0 Å². The van der Waals surface area contributed by atoms with E-state index in [0.717, 1.165) is 24.2 Å². The van der Waals surface area contributed by atoms with Gasteiger partial charge < -0.3 is 4.90 Å². The molecule has 1 fully saturated rings. The lowest BCUT2D eigenvalue weighted by Gasteiger charge is -2.22. The van der Waals surface area contributed by atoms with E-state index < -0.39 is 10.0 Å². The highest BCUT2D eigenvalue weighted by Gasteiger charge is 2.20. The van der Waals surface area contributed by atoms with Crippen LogP contribution in [0.15, 0.2) is 48.5 Å². The average molecular weight is 344 g/mol. The number of hydrogen-bond donors (Lipinski definition) is 0. The quantitative estimate of drug-likeness (QED) is 0.833. The monoisotopic (exact) mass is 344 g/mol. The summed E-state index contributed by atoms with van der Waals surface area (Å²) < 4.78 is 26.7. The molecule has 3 rings (SSSR count). The van der Waals surface area contributed by atoms with Gasteiger partial charge in [0.1, 0.15) is 0 Å². The molecule has 24 heavy (non-hydrogen) atoms. The fourth-order valence-corrected chi connectivity index (χ4v) is 4.36. The van der Waals surface area contributed by atoms with Crippen molar-refractivity contribution < 1.29 is 8.42 Å². The Bertz CT molecular complexity index is 794. The van der Waals surface area contributed by atoms with Gasteiger partial charge in [-0.3, -0.25) is 4.31 Å². The van der Waals surface area contributed by atoms with Crippen molar-refractivity contribution >= 4 is 21.4 Å². The van der Waals surface area contributed by atoms with Gasteiger partial charge in [0, 0.05) is 25.8 Å². The van der Waals surface area contributed by atoms with Crippen LogP contribution < -0.4 is 9.21 Å². The third kappa shape index (κ3) is 3.73. The van der Waals surface area contributed by atoms with Crippen molar-refractivity contribution in [3.63, 3.8) is 0 Å². The smallest absolute Gasteiger partial charge is 0.239 e. The van der Waals surface area contributed by atoms with E-state index >= 15 is 0 Å². The van der Waals surface area contributed by atoms with E-state index in [9.17, 15) is 8.42 Å². The van der Waals surface area contributed by atoms with Crippen LogP contribution in [0, 0.1) is 6.92 Å². The molecule has 1 aliphatic rings. The number of sulfonamides is 1. The molecule has 2 aromatic rings. The molecule has 0 saturated carbocycles. The Labute approximate surface area is 144 Å². The average Bonchev–Trinajstić information content (AvgIpc) is 3.08. The number of anilines is 2. The van der Waals surface area contributed by atoms with Gasteiger partial charge in [0.15, 0.2) is 0 Å². The second-order valence-electron chi connectivity index (χ2n) is 6.42. The van der Waals surface area contributed by atoms with Crippen LogP contribution in [-0.4, -0.2) is 28.6 Å². The van der Waals surface area contributed by atoms with Gasteiger partial charge in [0.25, 0.3) is 0 Å². The minimum absolute atomic E-state index is 0.0130. The maximum Gasteiger partial charge on any atom is 0.239 e. The summed E-state index contributed by atoms with van der Waals surface area (Å²) in [6.07, 6.45) is 2.46. The third-order valence-corrected chi connectivity index (χ3v) is 6.28. The lowest BCUT2D eigenvalue weighted by atomic mass is 10.2. The molecule has 0 aromatic heterocycles. The number of nitrogens with zero attached hydrogens (tertiary/aromatic N) is 2. The molecule has 1 heterocycles. The van der Waals surface area contributed by atoms with Gasteiger partial charge in [0.05, 0.1) is 11.4 Å². The molecule has 0 spiro atoms. The SMILES string of the molecule is Cc1cccc(CS(=O)(=O)N(C)c2ccc(N3CCCC3)cc2)c1. The highest BCUT2D eigenvalue weighted by atomic mass is 32.2. The first-order valence-corrected chi connectivity index (χ1v) is 9.94. The van der Waals surface area contributed by atoms with E-state index in [1.165, 1.54) is 22.8 Å². The van der Waals surface area contributed by atoms with Gasteiger partial charge in [-0.2, -0.15) is 0 Å². The van der Waals surface area contributed by atoms with Gasteiger partial charge in [-0.15, -0.1) is 0 Å². The predicted octanol–water partition coefficient (Wildman–Crippen LogP) is 3.56. The molecule has 0 unspecified atom stereocenters. The first kappa shape index (κ1) is 16.8. The Balaban J connectivity index is 1.75. The summed E-state index contributed by atoms with van der Waals surface area (Å²) in [6, 6.07) is 15.4. The zero-order valence-electron chi connectivity index (χ0n) is 14.3. The van der Waals surface area contributed by atoms with Crippen molar-refractivity contribution in [3.05, 3.63) is 59.7 Å². The van der Waals surface area contributed by atoms with Crippen LogP contribution in [0.3, 0.4) is 0 Å². The number of rotatable bonds is 5. The molecule has 4 nitrogen and oxygen atoms in total. The third-order valence-electron chi connectivity index (χ3n) is 4.53. The normalized spacial score (nSPS) is 14.8. The molecular weight excluding hydrogens is 320 g/mol. The van der Waals surface area contributed by atoms with Crippen molar-refractivity contribution in [2.24, 2.45) is 0 Å². The highest BCUT2D eigenvalue weighted by Crippen LogP contribution is 2.25. The number of hydrogen-bond acceptors (Lipinski definition) is 3. The molecule has 0 bridgehead atoms. The molecule has 0 radical (unpaired) electrons. The standard InChI is InChI=1S/C19H24N2O2S/c1-16-6-5-7-17(14-16)15-24(22,23)20(2)18-8-10-19(11-9-18)21-12-3-4-13-21/h5-11,14H,3-4,12-13,15H2,1-2H3. The van der Waals surface area contributed by atoms with Gasteiger partial charge >= 0.3 is 0 Å². The van der Waals surface area contributed by atoms with Crippen molar-refractivity contribution in [2.45, 2.75) is 25.5 Å². The van der Waals surface area contributed by atoms with Crippen molar-refractivity contribution in [1.29, 1.82) is 0 Å². The van der Waals surface area contributed by atoms with Crippen LogP contribution >= 0.6 is 0 Å². The molecule has 0 N–H and O–H groups in total. The van der Waals surface area contributed by atoms with Gasteiger partial charge in [0.2, 0.25) is 10.0 Å². The number of benzene rings is 2. The Hall–Kier alpha value is -2.01. The van der Waals surface area contributed by atoms with E-state index in [4.69, 9.17) is 0 Å². The Morgan fingerprint density at radius 3 is 2.33 bits per heavy atom. The molecule has 2 aromatic carbocycles. The molecule has 1 aliphatic heterocycles. The minimum atomic E-state index is -3.40. The number of aryl methyl sites for hydroxylation is 1. The lowest BCUT2D eigenvalue weighted by Crippen LogP contribution is -2.28. The first-order chi connectivity index (χ1) is 11.5. The molecule has 128 valence electrons. The topological polar surface area (TPSA) is 40.6 Å². The van der Waals surface area contributed by atoms with E-state index in [-0.39, 0.29) is 5.75 Å². The maximum absolute atomic E-state index is 12.7. The highest BCUT2D eigenvalue weighted by molar-refractivity contribution is 7.92. The zero-order valence-corrected chi connectivity index (χ0v) is 15.1. The van der Waals surface area contributed by atoms with E-state index in [1.54, 1.807) is 7.05 Å². The summed E-state index contributed by atoms with van der Waals surface area (Å²) in [4.78, 5) is 2.34. The Kier molecular flexibility index (Phi) is 4.81. The van der Waals surface area contributed by atoms with Crippen molar-refractivity contribution in [2.75, 3.05) is 29.3 Å². The molecule has 1 saturated heterocycles.